The summed E-state index contributed by atoms with van der Waals surface area (Å²) >= 11 is 0. The fourth-order valence-corrected chi connectivity index (χ4v) is 1.55. The topological polar surface area (TPSA) is 44.8 Å². The van der Waals surface area contributed by atoms with Crippen LogP contribution in [0, 0.1) is 0 Å². The lowest BCUT2D eigenvalue weighted by Gasteiger charge is -2.10. The van der Waals surface area contributed by atoms with Gasteiger partial charge in [-0.15, -0.1) is 0 Å². The Morgan fingerprint density at radius 2 is 1.90 bits per heavy atom. The molecule has 0 aliphatic heterocycles. The number of hydrogen-bond acceptors (Lipinski definition) is 4. The van der Waals surface area contributed by atoms with Gasteiger partial charge in [0, 0.05) is 6.92 Å². The molecule has 1 aromatic carbocycles. The van der Waals surface area contributed by atoms with Crippen molar-refractivity contribution in [2.24, 2.45) is 0 Å². The van der Waals surface area contributed by atoms with E-state index in [9.17, 15) is 4.79 Å². The molecule has 0 radical (unpaired) electrons. The summed E-state index contributed by atoms with van der Waals surface area (Å²) in [7, 11) is 1.61. The lowest BCUT2D eigenvalue weighted by molar-refractivity contribution is -0.139. The highest BCUT2D eigenvalue weighted by molar-refractivity contribution is 5.66. The van der Waals surface area contributed by atoms with Crippen LogP contribution in [0.5, 0.6) is 11.5 Å². The quantitative estimate of drug-likeness (QED) is 0.568. The largest absolute Gasteiger partial charge is 0.493 e. The number of esters is 1. The number of rotatable bonds is 7. The third-order valence-electron chi connectivity index (χ3n) is 2.61. The Morgan fingerprint density at radius 3 is 2.52 bits per heavy atom. The molecule has 0 unspecified atom stereocenters. The van der Waals surface area contributed by atoms with E-state index in [2.05, 4.69) is 0 Å². The highest BCUT2D eigenvalue weighted by atomic mass is 16.5. The van der Waals surface area contributed by atoms with E-state index in [1.165, 1.54) is 12.5 Å². The van der Waals surface area contributed by atoms with Crippen molar-refractivity contribution in [3.05, 3.63) is 41.5 Å². The van der Waals surface area contributed by atoms with Crippen molar-refractivity contribution in [2.75, 3.05) is 20.3 Å². The Balaban J connectivity index is 2.69. The first kappa shape index (κ1) is 16.8. The number of carbonyl (C=O) groups excluding carboxylic acids is 1. The molecule has 0 amide bonds. The first-order chi connectivity index (χ1) is 10.0. The maximum Gasteiger partial charge on any atom is 0.302 e. The first-order valence-corrected chi connectivity index (χ1v) is 6.77. The molecule has 0 bridgehead atoms. The Hall–Kier alpha value is -2.23. The second kappa shape index (κ2) is 8.84. The zero-order valence-corrected chi connectivity index (χ0v) is 13.0. The van der Waals surface area contributed by atoms with E-state index in [-0.39, 0.29) is 12.6 Å². The molecule has 0 saturated heterocycles. The third-order valence-corrected chi connectivity index (χ3v) is 2.61. The Kier molecular flexibility index (Phi) is 7.09. The van der Waals surface area contributed by atoms with Crippen LogP contribution in [0.3, 0.4) is 0 Å². The summed E-state index contributed by atoms with van der Waals surface area (Å²) in [6, 6.07) is 5.66. The van der Waals surface area contributed by atoms with Crippen molar-refractivity contribution in [3.63, 3.8) is 0 Å². The van der Waals surface area contributed by atoms with Gasteiger partial charge in [-0.3, -0.25) is 4.79 Å². The van der Waals surface area contributed by atoms with Crippen molar-refractivity contribution in [3.8, 4) is 11.5 Å². The van der Waals surface area contributed by atoms with Gasteiger partial charge in [-0.25, -0.2) is 0 Å². The molecule has 0 atom stereocenters. The van der Waals surface area contributed by atoms with Crippen LogP contribution in [0.2, 0.25) is 0 Å². The standard InChI is InChI=1S/C17H22O4/c1-13(2)9-11-21-16-8-7-15(12-17(16)19-4)6-5-10-20-14(3)18/h5-9,12H,10-11H2,1-4H3/b6-5+. The minimum absolute atomic E-state index is 0.260. The molecule has 4 heteroatoms. The monoisotopic (exact) mass is 290 g/mol. The minimum Gasteiger partial charge on any atom is -0.493 e. The molecule has 0 saturated carbocycles. The molecular formula is C17H22O4. The maximum atomic E-state index is 10.7. The summed E-state index contributed by atoms with van der Waals surface area (Å²) in [6.07, 6.45) is 5.65. The highest BCUT2D eigenvalue weighted by Gasteiger charge is 2.04. The summed E-state index contributed by atoms with van der Waals surface area (Å²) in [6.45, 7) is 6.21. The van der Waals surface area contributed by atoms with Crippen molar-refractivity contribution < 1.29 is 19.0 Å². The van der Waals surface area contributed by atoms with Gasteiger partial charge in [-0.05, 0) is 43.7 Å². The summed E-state index contributed by atoms with van der Waals surface area (Å²) in [5.74, 6) is 1.08. The molecular weight excluding hydrogens is 268 g/mol. The van der Waals surface area contributed by atoms with E-state index < -0.39 is 0 Å². The number of methoxy groups -OCH3 is 1. The molecule has 1 aromatic rings. The average Bonchev–Trinajstić information content (AvgIpc) is 2.44. The second-order valence-electron chi connectivity index (χ2n) is 4.71. The van der Waals surface area contributed by atoms with Gasteiger partial charge in [0.2, 0.25) is 0 Å². The van der Waals surface area contributed by atoms with Crippen LogP contribution in [0.25, 0.3) is 6.08 Å². The zero-order chi connectivity index (χ0) is 15.7. The molecule has 0 spiro atoms. The summed E-state index contributed by atoms with van der Waals surface area (Å²) in [5.41, 5.74) is 2.16. The van der Waals surface area contributed by atoms with Gasteiger partial charge in [0.15, 0.2) is 11.5 Å². The van der Waals surface area contributed by atoms with Crippen LogP contribution in [0.15, 0.2) is 35.9 Å². The summed E-state index contributed by atoms with van der Waals surface area (Å²) in [5, 5.41) is 0. The molecule has 0 N–H and O–H groups in total. The predicted molar refractivity (Wildman–Crippen MR) is 83.6 cm³/mol. The average molecular weight is 290 g/mol. The van der Waals surface area contributed by atoms with Crippen molar-refractivity contribution in [2.45, 2.75) is 20.8 Å². The zero-order valence-electron chi connectivity index (χ0n) is 13.0. The van der Waals surface area contributed by atoms with Gasteiger partial charge in [0.25, 0.3) is 0 Å². The van der Waals surface area contributed by atoms with Crippen LogP contribution in [0.1, 0.15) is 26.3 Å². The van der Waals surface area contributed by atoms with Gasteiger partial charge in [0.05, 0.1) is 7.11 Å². The number of allylic oxidation sites excluding steroid dienone is 1. The normalized spacial score (nSPS) is 10.3. The smallest absolute Gasteiger partial charge is 0.302 e. The van der Waals surface area contributed by atoms with Crippen molar-refractivity contribution in [1.29, 1.82) is 0 Å². The van der Waals surface area contributed by atoms with Gasteiger partial charge < -0.3 is 14.2 Å². The second-order valence-corrected chi connectivity index (χ2v) is 4.71. The van der Waals surface area contributed by atoms with E-state index >= 15 is 0 Å². The molecule has 0 aromatic heterocycles. The fraction of sp³-hybridized carbons (Fsp3) is 0.353. The highest BCUT2D eigenvalue weighted by Crippen LogP contribution is 2.28. The molecule has 0 fully saturated rings. The molecule has 0 aliphatic carbocycles. The Bertz CT molecular complexity index is 526. The van der Waals surface area contributed by atoms with Crippen molar-refractivity contribution in [1.82, 2.24) is 0 Å². The van der Waals surface area contributed by atoms with E-state index in [4.69, 9.17) is 14.2 Å². The molecule has 21 heavy (non-hydrogen) atoms. The van der Waals surface area contributed by atoms with Crippen LogP contribution in [-0.2, 0) is 9.53 Å². The van der Waals surface area contributed by atoms with E-state index in [0.717, 1.165) is 5.56 Å². The summed E-state index contributed by atoms with van der Waals surface area (Å²) in [4.78, 5) is 10.7. The lowest BCUT2D eigenvalue weighted by atomic mass is 10.2. The van der Waals surface area contributed by atoms with Gasteiger partial charge >= 0.3 is 5.97 Å². The number of ether oxygens (including phenoxy) is 3. The lowest BCUT2D eigenvalue weighted by Crippen LogP contribution is -1.98. The third kappa shape index (κ3) is 6.65. The minimum atomic E-state index is -0.291. The number of hydrogen-bond donors (Lipinski definition) is 0. The summed E-state index contributed by atoms with van der Waals surface area (Å²) < 4.78 is 15.8. The maximum absolute atomic E-state index is 10.7. The van der Waals surface area contributed by atoms with Crippen LogP contribution in [-0.4, -0.2) is 26.3 Å². The SMILES string of the molecule is COc1cc(/C=C/COC(C)=O)ccc1OCC=C(C)C. The first-order valence-electron chi connectivity index (χ1n) is 6.77. The molecule has 114 valence electrons. The van der Waals surface area contributed by atoms with E-state index in [0.29, 0.717) is 18.1 Å². The predicted octanol–water partition coefficient (Wildman–Crippen LogP) is 3.62. The van der Waals surface area contributed by atoms with Gasteiger partial charge in [-0.2, -0.15) is 0 Å². The Morgan fingerprint density at radius 1 is 1.14 bits per heavy atom. The molecule has 0 aliphatic rings. The molecule has 1 rings (SSSR count). The Labute approximate surface area is 126 Å². The molecule has 4 nitrogen and oxygen atoms in total. The van der Waals surface area contributed by atoms with Crippen LogP contribution in [0.4, 0.5) is 0 Å². The van der Waals surface area contributed by atoms with Crippen LogP contribution >= 0.6 is 0 Å². The van der Waals surface area contributed by atoms with Crippen LogP contribution < -0.4 is 9.47 Å². The van der Waals surface area contributed by atoms with Gasteiger partial charge in [-0.1, -0.05) is 17.7 Å². The van der Waals surface area contributed by atoms with E-state index in [1.807, 2.05) is 44.2 Å². The van der Waals surface area contributed by atoms with Gasteiger partial charge in [0.1, 0.15) is 13.2 Å². The number of carbonyl (C=O) groups is 1. The van der Waals surface area contributed by atoms with Crippen molar-refractivity contribution >= 4 is 12.0 Å². The fourth-order valence-electron chi connectivity index (χ4n) is 1.55. The molecule has 0 heterocycles. The number of benzene rings is 1. The van der Waals surface area contributed by atoms with E-state index in [1.54, 1.807) is 13.2 Å².